The van der Waals surface area contributed by atoms with Gasteiger partial charge in [-0.25, -0.2) is 8.78 Å². The first-order valence-corrected chi connectivity index (χ1v) is 8.10. The average Bonchev–Trinajstić information content (AvgIpc) is 3.05. The lowest BCUT2D eigenvalue weighted by molar-refractivity contribution is -0.111. The maximum absolute atomic E-state index is 13.8. The SMILES string of the molecule is O=C(/C=C/c1ccc(F)cc1)Nc1ccn(Cc2c(F)cccc2Cl)n1. The molecule has 0 bridgehead atoms. The number of amides is 1. The van der Waals surface area contributed by atoms with Crippen LogP contribution in [0.5, 0.6) is 0 Å². The number of carbonyl (C=O) groups is 1. The van der Waals surface area contributed by atoms with E-state index in [0.29, 0.717) is 22.0 Å². The van der Waals surface area contributed by atoms with Gasteiger partial charge in [-0.2, -0.15) is 5.10 Å². The van der Waals surface area contributed by atoms with Crippen molar-refractivity contribution in [1.82, 2.24) is 9.78 Å². The Morgan fingerprint density at radius 1 is 1.15 bits per heavy atom. The summed E-state index contributed by atoms with van der Waals surface area (Å²) in [5.74, 6) is -0.817. The Morgan fingerprint density at radius 3 is 2.65 bits per heavy atom. The zero-order valence-corrected chi connectivity index (χ0v) is 14.3. The van der Waals surface area contributed by atoms with Gasteiger partial charge in [0.2, 0.25) is 5.91 Å². The van der Waals surface area contributed by atoms with E-state index in [2.05, 4.69) is 10.4 Å². The number of halogens is 3. The van der Waals surface area contributed by atoms with E-state index in [1.54, 1.807) is 36.5 Å². The average molecular weight is 374 g/mol. The summed E-state index contributed by atoms with van der Waals surface area (Å²) in [6.07, 6.45) is 4.49. The van der Waals surface area contributed by atoms with Gasteiger partial charge in [0.05, 0.1) is 6.54 Å². The highest BCUT2D eigenvalue weighted by Crippen LogP contribution is 2.20. The minimum absolute atomic E-state index is 0.146. The predicted octanol–water partition coefficient (Wildman–Crippen LogP) is 4.51. The van der Waals surface area contributed by atoms with Gasteiger partial charge >= 0.3 is 0 Å². The van der Waals surface area contributed by atoms with Gasteiger partial charge in [-0.1, -0.05) is 29.8 Å². The molecule has 132 valence electrons. The quantitative estimate of drug-likeness (QED) is 0.669. The maximum atomic E-state index is 13.8. The van der Waals surface area contributed by atoms with Crippen molar-refractivity contribution >= 4 is 29.4 Å². The second kappa shape index (κ2) is 7.93. The summed E-state index contributed by atoms with van der Waals surface area (Å²) in [5, 5.41) is 7.08. The number of hydrogen-bond donors (Lipinski definition) is 1. The first-order chi connectivity index (χ1) is 12.5. The summed E-state index contributed by atoms with van der Waals surface area (Å²) < 4.78 is 28.1. The van der Waals surface area contributed by atoms with Crippen molar-refractivity contribution in [2.45, 2.75) is 6.54 Å². The van der Waals surface area contributed by atoms with Crippen LogP contribution < -0.4 is 5.32 Å². The zero-order chi connectivity index (χ0) is 18.5. The molecule has 0 aliphatic carbocycles. The number of benzene rings is 2. The van der Waals surface area contributed by atoms with E-state index < -0.39 is 5.82 Å². The molecule has 0 spiro atoms. The topological polar surface area (TPSA) is 46.9 Å². The molecule has 7 heteroatoms. The van der Waals surface area contributed by atoms with Crippen LogP contribution in [-0.2, 0) is 11.3 Å². The van der Waals surface area contributed by atoms with E-state index in [0.717, 1.165) is 0 Å². The van der Waals surface area contributed by atoms with Crippen LogP contribution in [0, 0.1) is 11.6 Å². The van der Waals surface area contributed by atoms with Crippen LogP contribution in [0.3, 0.4) is 0 Å². The molecule has 3 aromatic rings. The molecule has 0 unspecified atom stereocenters. The first-order valence-electron chi connectivity index (χ1n) is 7.72. The maximum Gasteiger partial charge on any atom is 0.249 e. The fraction of sp³-hybridized carbons (Fsp3) is 0.0526. The van der Waals surface area contributed by atoms with E-state index in [9.17, 15) is 13.6 Å². The van der Waals surface area contributed by atoms with Crippen molar-refractivity contribution in [2.24, 2.45) is 0 Å². The number of hydrogen-bond acceptors (Lipinski definition) is 2. The van der Waals surface area contributed by atoms with Gasteiger partial charge in [0.15, 0.2) is 5.82 Å². The van der Waals surface area contributed by atoms with E-state index in [4.69, 9.17) is 11.6 Å². The van der Waals surface area contributed by atoms with Crippen LogP contribution >= 0.6 is 11.6 Å². The van der Waals surface area contributed by atoms with Crippen LogP contribution in [0.2, 0.25) is 5.02 Å². The van der Waals surface area contributed by atoms with Crippen LogP contribution in [0.25, 0.3) is 6.08 Å². The lowest BCUT2D eigenvalue weighted by Gasteiger charge is -2.05. The van der Waals surface area contributed by atoms with Gasteiger partial charge < -0.3 is 5.32 Å². The molecule has 0 saturated heterocycles. The third-order valence-corrected chi connectivity index (χ3v) is 3.93. The summed E-state index contributed by atoms with van der Waals surface area (Å²) in [7, 11) is 0. The molecule has 1 amide bonds. The third kappa shape index (κ3) is 4.55. The Labute approximate surface area is 153 Å². The molecule has 26 heavy (non-hydrogen) atoms. The molecule has 0 saturated carbocycles. The van der Waals surface area contributed by atoms with E-state index in [1.807, 2.05) is 0 Å². The highest BCUT2D eigenvalue weighted by molar-refractivity contribution is 6.31. The number of aromatic nitrogens is 2. The van der Waals surface area contributed by atoms with Crippen LogP contribution in [-0.4, -0.2) is 15.7 Å². The monoisotopic (exact) mass is 373 g/mol. The fourth-order valence-corrected chi connectivity index (χ4v) is 2.50. The molecular formula is C19H14ClF2N3O. The molecule has 1 aromatic heterocycles. The number of rotatable bonds is 5. The third-order valence-electron chi connectivity index (χ3n) is 3.57. The molecule has 0 aliphatic heterocycles. The number of nitrogens with zero attached hydrogens (tertiary/aromatic N) is 2. The fourth-order valence-electron chi connectivity index (χ4n) is 2.28. The second-order valence-electron chi connectivity index (χ2n) is 5.47. The van der Waals surface area contributed by atoms with Crippen molar-refractivity contribution in [3.8, 4) is 0 Å². The molecule has 0 aliphatic rings. The number of anilines is 1. The van der Waals surface area contributed by atoms with Gasteiger partial charge in [0, 0.05) is 28.9 Å². The minimum Gasteiger partial charge on any atom is -0.306 e. The molecule has 0 radical (unpaired) electrons. The summed E-state index contributed by atoms with van der Waals surface area (Å²) in [6.45, 7) is 0.146. The zero-order valence-electron chi connectivity index (χ0n) is 13.5. The lowest BCUT2D eigenvalue weighted by atomic mass is 10.2. The molecule has 2 aromatic carbocycles. The van der Waals surface area contributed by atoms with Gasteiger partial charge in [-0.3, -0.25) is 9.48 Å². The summed E-state index contributed by atoms with van der Waals surface area (Å²) in [4.78, 5) is 11.9. The summed E-state index contributed by atoms with van der Waals surface area (Å²) in [5.41, 5.74) is 1.02. The van der Waals surface area contributed by atoms with Crippen LogP contribution in [0.1, 0.15) is 11.1 Å². The molecule has 0 fully saturated rings. The van der Waals surface area contributed by atoms with Gasteiger partial charge in [-0.15, -0.1) is 0 Å². The highest BCUT2D eigenvalue weighted by atomic mass is 35.5. The van der Waals surface area contributed by atoms with Crippen molar-refractivity contribution in [2.75, 3.05) is 5.32 Å². The van der Waals surface area contributed by atoms with Crippen molar-refractivity contribution in [1.29, 1.82) is 0 Å². The summed E-state index contributed by atoms with van der Waals surface area (Å²) >= 11 is 6.00. The minimum atomic E-state index is -0.416. The molecule has 1 N–H and O–H groups in total. The summed E-state index contributed by atoms with van der Waals surface area (Å²) in [6, 6.07) is 11.8. The number of nitrogens with one attached hydrogen (secondary N) is 1. The normalized spacial score (nSPS) is 11.0. The molecule has 1 heterocycles. The second-order valence-corrected chi connectivity index (χ2v) is 5.88. The molecule has 0 atom stereocenters. The molecule has 4 nitrogen and oxygen atoms in total. The number of carbonyl (C=O) groups excluding carboxylic acids is 1. The van der Waals surface area contributed by atoms with Gasteiger partial charge in [-0.05, 0) is 35.9 Å². The predicted molar refractivity (Wildman–Crippen MR) is 96.8 cm³/mol. The van der Waals surface area contributed by atoms with E-state index in [-0.39, 0.29) is 18.3 Å². The Hall–Kier alpha value is -2.99. The molecule has 3 rings (SSSR count). The van der Waals surface area contributed by atoms with Crippen LogP contribution in [0.4, 0.5) is 14.6 Å². The van der Waals surface area contributed by atoms with Crippen molar-refractivity contribution in [3.63, 3.8) is 0 Å². The van der Waals surface area contributed by atoms with E-state index in [1.165, 1.54) is 35.0 Å². The highest BCUT2D eigenvalue weighted by Gasteiger charge is 2.09. The Kier molecular flexibility index (Phi) is 5.43. The molecular weight excluding hydrogens is 360 g/mol. The van der Waals surface area contributed by atoms with Crippen LogP contribution in [0.15, 0.2) is 60.8 Å². The van der Waals surface area contributed by atoms with Crippen molar-refractivity contribution in [3.05, 3.63) is 88.6 Å². The Balaban J connectivity index is 1.63. The Bertz CT molecular complexity index is 931. The first kappa shape index (κ1) is 17.8. The largest absolute Gasteiger partial charge is 0.306 e. The lowest BCUT2D eigenvalue weighted by Crippen LogP contribution is -2.09. The van der Waals surface area contributed by atoms with Crippen molar-refractivity contribution < 1.29 is 13.6 Å². The Morgan fingerprint density at radius 2 is 1.92 bits per heavy atom. The van der Waals surface area contributed by atoms with Gasteiger partial charge in [0.25, 0.3) is 0 Å². The van der Waals surface area contributed by atoms with Gasteiger partial charge in [0.1, 0.15) is 11.6 Å². The smallest absolute Gasteiger partial charge is 0.249 e. The standard InChI is InChI=1S/C19H14ClF2N3O/c20-16-2-1-3-17(22)15(16)12-25-11-10-18(24-25)23-19(26)9-6-13-4-7-14(21)8-5-13/h1-11H,12H2,(H,23,24,26)/b9-6+. The van der Waals surface area contributed by atoms with E-state index >= 15 is 0 Å².